The highest BCUT2D eigenvalue weighted by atomic mass is 32.2. The van der Waals surface area contributed by atoms with Crippen LogP contribution in [0.2, 0.25) is 0 Å². The molecule has 1 heterocycles. The Bertz CT molecular complexity index is 1410. The van der Waals surface area contributed by atoms with Crippen molar-refractivity contribution < 1.29 is 13.2 Å². The second-order valence-electron chi connectivity index (χ2n) is 8.25. The first-order valence-electron chi connectivity index (χ1n) is 11.5. The molecule has 0 bridgehead atoms. The molecular weight excluding hydrogens is 474 g/mol. The second kappa shape index (κ2) is 11.2. The first kappa shape index (κ1) is 25.2. The van der Waals surface area contributed by atoms with Crippen molar-refractivity contribution in [1.82, 2.24) is 9.97 Å². The quantitative estimate of drug-likeness (QED) is 0.289. The normalized spacial score (nSPS) is 11.4. The maximum Gasteiger partial charge on any atom is 0.222 e. The van der Waals surface area contributed by atoms with E-state index < -0.39 is 9.84 Å². The Kier molecular flexibility index (Phi) is 7.82. The Labute approximate surface area is 211 Å². The van der Waals surface area contributed by atoms with Gasteiger partial charge in [-0.3, -0.25) is 0 Å². The molecule has 186 valence electrons. The lowest BCUT2D eigenvalue weighted by atomic mass is 10.0. The minimum atomic E-state index is -3.20. The van der Waals surface area contributed by atoms with Gasteiger partial charge in [0.15, 0.2) is 9.84 Å². The highest BCUT2D eigenvalue weighted by molar-refractivity contribution is 7.91. The summed E-state index contributed by atoms with van der Waals surface area (Å²) in [5, 5.41) is 3.35. The van der Waals surface area contributed by atoms with Crippen molar-refractivity contribution in [3.8, 4) is 11.1 Å². The lowest BCUT2D eigenvalue weighted by Crippen LogP contribution is -2.08. The second-order valence-corrected chi connectivity index (χ2v) is 10.5. The van der Waals surface area contributed by atoms with Crippen molar-refractivity contribution in [3.63, 3.8) is 0 Å². The van der Waals surface area contributed by atoms with E-state index in [0.29, 0.717) is 35.1 Å². The number of nitrogen functional groups attached to an aromatic ring is 2. The molecule has 0 amide bonds. The number of hydrogen-bond acceptors (Lipinski definition) is 8. The van der Waals surface area contributed by atoms with E-state index in [1.54, 1.807) is 19.1 Å². The van der Waals surface area contributed by atoms with Crippen LogP contribution in [0.4, 0.5) is 17.5 Å². The van der Waals surface area contributed by atoms with Crippen molar-refractivity contribution in [1.29, 1.82) is 0 Å². The predicted molar refractivity (Wildman–Crippen MR) is 143 cm³/mol. The molecule has 9 heteroatoms. The molecule has 0 atom stereocenters. The molecule has 4 rings (SSSR count). The van der Waals surface area contributed by atoms with Crippen molar-refractivity contribution in [2.24, 2.45) is 0 Å². The summed E-state index contributed by atoms with van der Waals surface area (Å²) in [6, 6.07) is 24.6. The van der Waals surface area contributed by atoms with Crippen LogP contribution in [-0.4, -0.2) is 24.1 Å². The van der Waals surface area contributed by atoms with Crippen molar-refractivity contribution >= 4 is 27.3 Å². The van der Waals surface area contributed by atoms with Crippen LogP contribution >= 0.6 is 0 Å². The Morgan fingerprint density at radius 3 is 2.19 bits per heavy atom. The summed E-state index contributed by atoms with van der Waals surface area (Å²) in [5.41, 5.74) is 17.2. The van der Waals surface area contributed by atoms with Gasteiger partial charge in [0.1, 0.15) is 5.82 Å². The number of benzene rings is 3. The van der Waals surface area contributed by atoms with Crippen molar-refractivity contribution in [3.05, 3.63) is 95.7 Å². The molecule has 0 spiro atoms. The summed E-state index contributed by atoms with van der Waals surface area (Å²) >= 11 is 0. The molecule has 0 radical (unpaired) electrons. The van der Waals surface area contributed by atoms with Gasteiger partial charge in [-0.15, -0.1) is 0 Å². The monoisotopic (exact) mass is 503 g/mol. The first-order chi connectivity index (χ1) is 17.4. The maximum absolute atomic E-state index is 12.0. The minimum absolute atomic E-state index is 0.0847. The molecule has 3 aromatic carbocycles. The van der Waals surface area contributed by atoms with Crippen LogP contribution in [0.1, 0.15) is 23.7 Å². The fourth-order valence-corrected chi connectivity index (χ4v) is 4.63. The number of sulfone groups is 1. The number of hydrogen-bond donors (Lipinski definition) is 3. The summed E-state index contributed by atoms with van der Waals surface area (Å²) in [6.45, 7) is 2.88. The molecule has 0 saturated carbocycles. The Balaban J connectivity index is 1.44. The standard InChI is InChI=1S/C27H29N5O3S/c1-2-36(33,34)23-14-8-19(9-15-23)16-30-22-12-10-21(11-13-22)25-24(31-27(29)32-26(25)28)18-35-17-20-6-4-3-5-7-20/h3-15,30H,2,16-18H2,1H3,(H4,28,29,31,32). The zero-order valence-corrected chi connectivity index (χ0v) is 20.8. The van der Waals surface area contributed by atoms with E-state index >= 15 is 0 Å². The van der Waals surface area contributed by atoms with Crippen LogP contribution in [-0.2, 0) is 34.3 Å². The molecule has 8 nitrogen and oxygen atoms in total. The summed E-state index contributed by atoms with van der Waals surface area (Å²) < 4.78 is 29.8. The highest BCUT2D eigenvalue weighted by Gasteiger charge is 2.14. The number of rotatable bonds is 10. The molecule has 0 saturated heterocycles. The third-order valence-electron chi connectivity index (χ3n) is 5.71. The largest absolute Gasteiger partial charge is 0.383 e. The average Bonchev–Trinajstić information content (AvgIpc) is 2.88. The first-order valence-corrected chi connectivity index (χ1v) is 13.2. The Morgan fingerprint density at radius 1 is 0.833 bits per heavy atom. The maximum atomic E-state index is 12.0. The minimum Gasteiger partial charge on any atom is -0.383 e. The number of nitrogens with zero attached hydrogens (tertiary/aromatic N) is 2. The van der Waals surface area contributed by atoms with E-state index in [1.165, 1.54) is 0 Å². The van der Waals surface area contributed by atoms with Gasteiger partial charge < -0.3 is 21.5 Å². The van der Waals surface area contributed by atoms with Gasteiger partial charge in [0.2, 0.25) is 5.95 Å². The topological polar surface area (TPSA) is 133 Å². The Hall–Kier alpha value is -3.95. The average molecular weight is 504 g/mol. The van der Waals surface area contributed by atoms with Crippen molar-refractivity contribution in [2.45, 2.75) is 31.6 Å². The molecule has 0 unspecified atom stereocenters. The van der Waals surface area contributed by atoms with E-state index in [4.69, 9.17) is 16.2 Å². The summed E-state index contributed by atoms with van der Waals surface area (Å²) in [7, 11) is -3.20. The summed E-state index contributed by atoms with van der Waals surface area (Å²) in [5.74, 6) is 0.482. The van der Waals surface area contributed by atoms with Gasteiger partial charge in [0.05, 0.1) is 29.6 Å². The van der Waals surface area contributed by atoms with Crippen LogP contribution in [0.5, 0.6) is 0 Å². The van der Waals surface area contributed by atoms with Crippen LogP contribution < -0.4 is 16.8 Å². The summed E-state index contributed by atoms with van der Waals surface area (Å²) in [4.78, 5) is 8.85. The van der Waals surface area contributed by atoms with Gasteiger partial charge in [-0.05, 0) is 41.0 Å². The van der Waals surface area contributed by atoms with E-state index in [0.717, 1.165) is 22.4 Å². The van der Waals surface area contributed by atoms with Gasteiger partial charge in [-0.1, -0.05) is 61.5 Å². The van der Waals surface area contributed by atoms with Crippen LogP contribution in [0.3, 0.4) is 0 Å². The zero-order chi connectivity index (χ0) is 25.5. The fourth-order valence-electron chi connectivity index (χ4n) is 3.75. The van der Waals surface area contributed by atoms with Gasteiger partial charge >= 0.3 is 0 Å². The third-order valence-corrected chi connectivity index (χ3v) is 7.46. The highest BCUT2D eigenvalue weighted by Crippen LogP contribution is 2.30. The van der Waals surface area contributed by atoms with Gasteiger partial charge in [0.25, 0.3) is 0 Å². The lowest BCUT2D eigenvalue weighted by molar-refractivity contribution is 0.105. The van der Waals surface area contributed by atoms with Crippen LogP contribution in [0.15, 0.2) is 83.8 Å². The lowest BCUT2D eigenvalue weighted by Gasteiger charge is -2.14. The molecule has 1 aromatic heterocycles. The van der Waals surface area contributed by atoms with Gasteiger partial charge in [-0.2, -0.15) is 4.98 Å². The van der Waals surface area contributed by atoms with Crippen LogP contribution in [0, 0.1) is 0 Å². The van der Waals surface area contributed by atoms with Crippen molar-refractivity contribution in [2.75, 3.05) is 22.5 Å². The molecule has 0 aliphatic carbocycles. The SMILES string of the molecule is CCS(=O)(=O)c1ccc(CNc2ccc(-c3c(N)nc(N)nc3COCc3ccccc3)cc2)cc1. The molecule has 0 aliphatic rings. The van der Waals surface area contributed by atoms with Crippen LogP contribution in [0.25, 0.3) is 11.1 Å². The molecule has 0 fully saturated rings. The molecule has 36 heavy (non-hydrogen) atoms. The number of ether oxygens (including phenoxy) is 1. The molecular formula is C27H29N5O3S. The molecule has 4 aromatic rings. The summed E-state index contributed by atoms with van der Waals surface area (Å²) in [6.07, 6.45) is 0. The number of aromatic nitrogens is 2. The third kappa shape index (κ3) is 6.18. The smallest absolute Gasteiger partial charge is 0.222 e. The zero-order valence-electron chi connectivity index (χ0n) is 20.0. The molecule has 0 aliphatic heterocycles. The van der Waals surface area contributed by atoms with Gasteiger partial charge in [0, 0.05) is 17.8 Å². The predicted octanol–water partition coefficient (Wildman–Crippen LogP) is 4.43. The Morgan fingerprint density at radius 2 is 1.53 bits per heavy atom. The fraction of sp³-hybridized carbons (Fsp3) is 0.185. The van der Waals surface area contributed by atoms with Gasteiger partial charge in [-0.25, -0.2) is 13.4 Å². The van der Waals surface area contributed by atoms with E-state index in [1.807, 2.05) is 66.7 Å². The number of anilines is 3. The molecule has 5 N–H and O–H groups in total. The van der Waals surface area contributed by atoms with E-state index in [9.17, 15) is 8.42 Å². The van der Waals surface area contributed by atoms with E-state index in [-0.39, 0.29) is 18.3 Å². The van der Waals surface area contributed by atoms with E-state index in [2.05, 4.69) is 15.3 Å². The number of nitrogens with two attached hydrogens (primary N) is 2. The number of nitrogens with one attached hydrogen (secondary N) is 1.